The van der Waals surface area contributed by atoms with Gasteiger partial charge in [-0.3, -0.25) is 4.79 Å². The fourth-order valence-corrected chi connectivity index (χ4v) is 3.49. The maximum atomic E-state index is 12.3. The number of halogens is 1. The molecule has 0 saturated heterocycles. The summed E-state index contributed by atoms with van der Waals surface area (Å²) in [6.07, 6.45) is 1.53. The third-order valence-electron chi connectivity index (χ3n) is 3.77. The second-order valence-electron chi connectivity index (χ2n) is 5.60. The highest BCUT2D eigenvalue weighted by Gasteiger charge is 2.11. The lowest BCUT2D eigenvalue weighted by Crippen LogP contribution is -2.32. The number of thioether (sulfide) groups is 1. The van der Waals surface area contributed by atoms with Gasteiger partial charge in [-0.1, -0.05) is 45.9 Å². The number of rotatable bonds is 7. The summed E-state index contributed by atoms with van der Waals surface area (Å²) in [6, 6.07) is 15.4. The van der Waals surface area contributed by atoms with Gasteiger partial charge in [0.1, 0.15) is 23.7 Å². The Balaban J connectivity index is 1.48. The minimum atomic E-state index is 0.0390. The molecule has 0 bridgehead atoms. The first-order valence-corrected chi connectivity index (χ1v) is 9.86. The maximum absolute atomic E-state index is 12.3. The first-order valence-electron chi connectivity index (χ1n) is 8.08. The van der Waals surface area contributed by atoms with E-state index >= 15 is 0 Å². The van der Waals surface area contributed by atoms with Crippen molar-refractivity contribution in [2.75, 3.05) is 26.0 Å². The minimum Gasteiger partial charge on any atom is -0.492 e. The lowest BCUT2D eigenvalue weighted by atomic mass is 10.2. The van der Waals surface area contributed by atoms with Gasteiger partial charge in [-0.2, -0.15) is 0 Å². The number of benzene rings is 2. The highest BCUT2D eigenvalue weighted by atomic mass is 79.9. The van der Waals surface area contributed by atoms with Crippen molar-refractivity contribution in [1.82, 2.24) is 14.9 Å². The molecule has 1 aromatic heterocycles. The van der Waals surface area contributed by atoms with Gasteiger partial charge in [-0.25, -0.2) is 9.97 Å². The number of likely N-dealkylation sites (N-methyl/N-ethyl adjacent to an activating group) is 1. The van der Waals surface area contributed by atoms with Gasteiger partial charge in [-0.15, -0.1) is 0 Å². The predicted octanol–water partition coefficient (Wildman–Crippen LogP) is 4.02. The molecule has 0 atom stereocenters. The van der Waals surface area contributed by atoms with Gasteiger partial charge in [0.25, 0.3) is 0 Å². The van der Waals surface area contributed by atoms with Gasteiger partial charge in [0, 0.05) is 16.9 Å². The summed E-state index contributed by atoms with van der Waals surface area (Å²) in [5, 5.41) is 1.79. The first kappa shape index (κ1) is 18.7. The highest BCUT2D eigenvalue weighted by Crippen LogP contribution is 2.24. The average Bonchev–Trinajstić information content (AvgIpc) is 2.67. The van der Waals surface area contributed by atoms with E-state index in [-0.39, 0.29) is 5.91 Å². The Morgan fingerprint density at radius 1 is 1.15 bits per heavy atom. The third-order valence-corrected chi connectivity index (χ3v) is 5.29. The van der Waals surface area contributed by atoms with Crippen LogP contribution in [0.15, 0.2) is 64.4 Å². The first-order chi connectivity index (χ1) is 12.6. The summed E-state index contributed by atoms with van der Waals surface area (Å²) in [4.78, 5) is 22.6. The number of carbonyl (C=O) groups excluding carboxylic acids is 1. The van der Waals surface area contributed by atoms with Crippen LogP contribution in [-0.4, -0.2) is 46.7 Å². The van der Waals surface area contributed by atoms with Crippen LogP contribution in [0, 0.1) is 0 Å². The minimum absolute atomic E-state index is 0.0390. The van der Waals surface area contributed by atoms with E-state index in [2.05, 4.69) is 25.9 Å². The fourth-order valence-electron chi connectivity index (χ4n) is 2.29. The smallest absolute Gasteiger partial charge is 0.232 e. The van der Waals surface area contributed by atoms with E-state index in [0.717, 1.165) is 26.2 Å². The molecule has 1 heterocycles. The van der Waals surface area contributed by atoms with Gasteiger partial charge >= 0.3 is 0 Å². The molecule has 134 valence electrons. The van der Waals surface area contributed by atoms with E-state index in [1.807, 2.05) is 48.5 Å². The van der Waals surface area contributed by atoms with Crippen molar-refractivity contribution < 1.29 is 9.53 Å². The molecule has 2 aromatic carbocycles. The molecule has 0 unspecified atom stereocenters. The molecule has 0 aliphatic heterocycles. The van der Waals surface area contributed by atoms with Gasteiger partial charge in [-0.05, 0) is 30.3 Å². The summed E-state index contributed by atoms with van der Waals surface area (Å²) in [6.45, 7) is 0.977. The SMILES string of the molecule is CN(CCOc1ccc(Br)cc1)C(=O)CSc1ncnc2ccccc12. The van der Waals surface area contributed by atoms with Crippen LogP contribution in [-0.2, 0) is 4.79 Å². The van der Waals surface area contributed by atoms with Crippen molar-refractivity contribution in [1.29, 1.82) is 0 Å². The molecule has 1 amide bonds. The Hall–Kier alpha value is -2.12. The molecule has 0 fully saturated rings. The van der Waals surface area contributed by atoms with Crippen molar-refractivity contribution in [3.8, 4) is 5.75 Å². The lowest BCUT2D eigenvalue weighted by molar-refractivity contribution is -0.127. The Bertz CT molecular complexity index is 884. The van der Waals surface area contributed by atoms with Crippen molar-refractivity contribution in [3.05, 3.63) is 59.3 Å². The molecule has 0 N–H and O–H groups in total. The second kappa shape index (κ2) is 9.00. The largest absolute Gasteiger partial charge is 0.492 e. The van der Waals surface area contributed by atoms with E-state index in [0.29, 0.717) is 18.9 Å². The zero-order valence-electron chi connectivity index (χ0n) is 14.3. The monoisotopic (exact) mass is 431 g/mol. The average molecular weight is 432 g/mol. The number of para-hydroxylation sites is 1. The Labute approximate surface area is 164 Å². The topological polar surface area (TPSA) is 55.3 Å². The predicted molar refractivity (Wildman–Crippen MR) is 108 cm³/mol. The standard InChI is InChI=1S/C19H18BrN3O2S/c1-23(10-11-25-15-8-6-14(20)7-9-15)18(24)12-26-19-16-4-2-3-5-17(16)21-13-22-19/h2-9,13H,10-12H2,1H3. The van der Waals surface area contributed by atoms with Gasteiger partial charge < -0.3 is 9.64 Å². The van der Waals surface area contributed by atoms with Gasteiger partial charge in [0.2, 0.25) is 5.91 Å². The molecular formula is C19H18BrN3O2S. The van der Waals surface area contributed by atoms with Crippen molar-refractivity contribution in [2.24, 2.45) is 0 Å². The molecule has 0 saturated carbocycles. The molecule has 5 nitrogen and oxygen atoms in total. The van der Waals surface area contributed by atoms with Crippen LogP contribution in [0.4, 0.5) is 0 Å². The van der Waals surface area contributed by atoms with Crippen LogP contribution in [0.25, 0.3) is 10.9 Å². The number of amides is 1. The van der Waals surface area contributed by atoms with Crippen molar-refractivity contribution in [2.45, 2.75) is 5.03 Å². The van der Waals surface area contributed by atoms with E-state index in [4.69, 9.17) is 4.74 Å². The second-order valence-corrected chi connectivity index (χ2v) is 7.48. The molecule has 0 aliphatic carbocycles. The van der Waals surface area contributed by atoms with Crippen LogP contribution in [0.2, 0.25) is 0 Å². The summed E-state index contributed by atoms with van der Waals surface area (Å²) in [7, 11) is 1.78. The van der Waals surface area contributed by atoms with Gasteiger partial charge in [0.05, 0.1) is 17.8 Å². The molecule has 26 heavy (non-hydrogen) atoms. The van der Waals surface area contributed by atoms with Gasteiger partial charge in [0.15, 0.2) is 0 Å². The molecule has 7 heteroatoms. The van der Waals surface area contributed by atoms with Crippen LogP contribution in [0.1, 0.15) is 0 Å². The Morgan fingerprint density at radius 3 is 2.73 bits per heavy atom. The maximum Gasteiger partial charge on any atom is 0.232 e. The number of aromatic nitrogens is 2. The number of hydrogen-bond acceptors (Lipinski definition) is 5. The third kappa shape index (κ3) is 4.95. The summed E-state index contributed by atoms with van der Waals surface area (Å²) < 4.78 is 6.67. The molecule has 0 aliphatic rings. The van der Waals surface area contributed by atoms with E-state index in [9.17, 15) is 4.79 Å². The van der Waals surface area contributed by atoms with Crippen molar-refractivity contribution >= 4 is 44.5 Å². The zero-order valence-corrected chi connectivity index (χ0v) is 16.7. The quantitative estimate of drug-likeness (QED) is 0.417. The zero-order chi connectivity index (χ0) is 18.4. The molecule has 0 radical (unpaired) electrons. The summed E-state index contributed by atoms with van der Waals surface area (Å²) in [5.41, 5.74) is 0.883. The summed E-state index contributed by atoms with van der Waals surface area (Å²) in [5.74, 6) is 1.16. The Kier molecular flexibility index (Phi) is 6.46. The number of nitrogens with zero attached hydrogens (tertiary/aromatic N) is 3. The molecule has 3 aromatic rings. The van der Waals surface area contributed by atoms with Crippen molar-refractivity contribution in [3.63, 3.8) is 0 Å². The van der Waals surface area contributed by atoms with Crippen LogP contribution >= 0.6 is 27.7 Å². The molecule has 0 spiro atoms. The number of fused-ring (bicyclic) bond motifs is 1. The summed E-state index contributed by atoms with van der Waals surface area (Å²) >= 11 is 4.82. The highest BCUT2D eigenvalue weighted by molar-refractivity contribution is 9.10. The Morgan fingerprint density at radius 2 is 1.92 bits per heavy atom. The van der Waals surface area contributed by atoms with E-state index < -0.39 is 0 Å². The van der Waals surface area contributed by atoms with Crippen LogP contribution in [0.3, 0.4) is 0 Å². The molecule has 3 rings (SSSR count). The normalized spacial score (nSPS) is 10.7. The van der Waals surface area contributed by atoms with Crippen LogP contribution in [0.5, 0.6) is 5.75 Å². The molecular weight excluding hydrogens is 414 g/mol. The lowest BCUT2D eigenvalue weighted by Gasteiger charge is -2.17. The number of hydrogen-bond donors (Lipinski definition) is 0. The van der Waals surface area contributed by atoms with Crippen LogP contribution < -0.4 is 4.74 Å². The number of carbonyl (C=O) groups is 1. The van der Waals surface area contributed by atoms with E-state index in [1.54, 1.807) is 11.9 Å². The number of ether oxygens (including phenoxy) is 1. The van der Waals surface area contributed by atoms with E-state index in [1.165, 1.54) is 18.1 Å². The fraction of sp³-hybridized carbons (Fsp3) is 0.211.